The third-order valence-electron chi connectivity index (χ3n) is 5.38. The summed E-state index contributed by atoms with van der Waals surface area (Å²) in [6, 6.07) is 7.76. The van der Waals surface area contributed by atoms with Gasteiger partial charge in [0.2, 0.25) is 5.88 Å². The van der Waals surface area contributed by atoms with E-state index in [1.165, 1.54) is 11.3 Å². The Labute approximate surface area is 183 Å². The topological polar surface area (TPSA) is 95.3 Å². The number of pyridine rings is 1. The molecule has 0 radical (unpaired) electrons. The van der Waals surface area contributed by atoms with Gasteiger partial charge in [0.25, 0.3) is 5.91 Å². The molecule has 0 unspecified atom stereocenters. The van der Waals surface area contributed by atoms with Crippen molar-refractivity contribution in [1.29, 1.82) is 0 Å². The number of carbonyl (C=O) groups is 1. The van der Waals surface area contributed by atoms with E-state index in [0.29, 0.717) is 16.5 Å². The second-order valence-electron chi connectivity index (χ2n) is 7.51. The molecule has 3 N–H and O–H groups in total. The third-order valence-corrected chi connectivity index (χ3v) is 6.22. The number of thiazole rings is 1. The van der Waals surface area contributed by atoms with Gasteiger partial charge in [-0.05, 0) is 25.1 Å². The van der Waals surface area contributed by atoms with Crippen LogP contribution in [0.4, 0.5) is 11.4 Å². The fourth-order valence-corrected chi connectivity index (χ4v) is 4.58. The van der Waals surface area contributed by atoms with Crippen molar-refractivity contribution in [1.82, 2.24) is 19.9 Å². The quantitative estimate of drug-likeness (QED) is 0.457. The largest absolute Gasteiger partial charge is 0.494 e. The number of carbonyl (C=O) groups excluding carboxylic acids is 1. The lowest BCUT2D eigenvalue weighted by atomic mass is 10.1. The van der Waals surface area contributed by atoms with Gasteiger partial charge in [-0.15, -0.1) is 11.3 Å². The Morgan fingerprint density at radius 3 is 2.94 bits per heavy atom. The lowest BCUT2D eigenvalue weighted by Crippen LogP contribution is -2.43. The van der Waals surface area contributed by atoms with E-state index in [2.05, 4.69) is 25.5 Å². The Bertz CT molecular complexity index is 1260. The Morgan fingerprint density at radius 2 is 2.10 bits per heavy atom. The number of nitrogens with one attached hydrogen (secondary N) is 2. The number of aryl methyl sites for hydroxylation is 1. The Kier molecular flexibility index (Phi) is 5.05. The number of amides is 1. The van der Waals surface area contributed by atoms with Crippen molar-refractivity contribution < 1.29 is 9.90 Å². The standard InChI is InChI=1S/C22H22N6O2S/c1-14-2-3-16-15(10-14)12-28(21(16)30)22-26-18(13-31-22)20(29)25-17-11-24-5-4-19(17)27-8-6-23-7-9-27/h2-5,10-13,23,30H,6-9H2,1H3,(H,25,29). The number of piperazine rings is 1. The van der Waals surface area contributed by atoms with Gasteiger partial charge >= 0.3 is 0 Å². The number of benzene rings is 1. The lowest BCUT2D eigenvalue weighted by Gasteiger charge is -2.30. The summed E-state index contributed by atoms with van der Waals surface area (Å²) < 4.78 is 1.61. The Hall–Kier alpha value is -3.43. The predicted octanol–water partition coefficient (Wildman–Crippen LogP) is 3.16. The van der Waals surface area contributed by atoms with Gasteiger partial charge in [0.05, 0.1) is 17.6 Å². The first-order valence-electron chi connectivity index (χ1n) is 10.1. The van der Waals surface area contributed by atoms with Crippen LogP contribution in [0.5, 0.6) is 5.88 Å². The molecular weight excluding hydrogens is 412 g/mol. The molecule has 3 aromatic heterocycles. The average Bonchev–Trinajstić information content (AvgIpc) is 3.39. The van der Waals surface area contributed by atoms with Crippen molar-refractivity contribution in [3.05, 3.63) is 59.5 Å². The molecule has 0 bridgehead atoms. The second kappa shape index (κ2) is 8.01. The number of hydrogen-bond donors (Lipinski definition) is 3. The maximum atomic E-state index is 12.9. The van der Waals surface area contributed by atoms with Crippen molar-refractivity contribution in [3.8, 4) is 11.0 Å². The molecule has 0 saturated carbocycles. The van der Waals surface area contributed by atoms with Gasteiger partial charge < -0.3 is 20.6 Å². The van der Waals surface area contributed by atoms with Gasteiger partial charge in [0.1, 0.15) is 5.69 Å². The highest BCUT2D eigenvalue weighted by molar-refractivity contribution is 7.12. The van der Waals surface area contributed by atoms with Crippen molar-refractivity contribution in [2.45, 2.75) is 6.92 Å². The number of hydrogen-bond acceptors (Lipinski definition) is 7. The van der Waals surface area contributed by atoms with Crippen LogP contribution in [0.1, 0.15) is 16.1 Å². The fraction of sp³-hybridized carbons (Fsp3) is 0.227. The van der Waals surface area contributed by atoms with Gasteiger partial charge in [-0.2, -0.15) is 0 Å². The summed E-state index contributed by atoms with van der Waals surface area (Å²) in [7, 11) is 0. The normalized spacial score (nSPS) is 14.2. The number of fused-ring (bicyclic) bond motifs is 1. The van der Waals surface area contributed by atoms with Crippen LogP contribution in [0.25, 0.3) is 15.9 Å². The predicted molar refractivity (Wildman–Crippen MR) is 123 cm³/mol. The van der Waals surface area contributed by atoms with Crippen LogP contribution < -0.4 is 15.5 Å². The van der Waals surface area contributed by atoms with Crippen LogP contribution in [0.3, 0.4) is 0 Å². The smallest absolute Gasteiger partial charge is 0.275 e. The molecule has 1 amide bonds. The number of rotatable bonds is 4. The van der Waals surface area contributed by atoms with E-state index >= 15 is 0 Å². The van der Waals surface area contributed by atoms with Crippen molar-refractivity contribution >= 4 is 39.4 Å². The van der Waals surface area contributed by atoms with Crippen molar-refractivity contribution in [2.24, 2.45) is 0 Å². The maximum Gasteiger partial charge on any atom is 0.275 e. The summed E-state index contributed by atoms with van der Waals surface area (Å²) in [6.07, 6.45) is 5.23. The van der Waals surface area contributed by atoms with E-state index in [0.717, 1.165) is 48.2 Å². The fourth-order valence-electron chi connectivity index (χ4n) is 3.80. The summed E-state index contributed by atoms with van der Waals surface area (Å²) in [4.78, 5) is 23.8. The minimum Gasteiger partial charge on any atom is -0.494 e. The molecule has 9 heteroatoms. The van der Waals surface area contributed by atoms with Gasteiger partial charge in [-0.1, -0.05) is 11.6 Å². The minimum atomic E-state index is -0.307. The van der Waals surface area contributed by atoms with Crippen LogP contribution in [-0.2, 0) is 0 Å². The van der Waals surface area contributed by atoms with E-state index in [-0.39, 0.29) is 11.8 Å². The molecule has 5 rings (SSSR count). The molecule has 1 aliphatic rings. The SMILES string of the molecule is Cc1ccc2c(O)n(-c3nc(C(=O)Nc4cnccc4N4CCNCC4)cs3)cc2c1. The van der Waals surface area contributed by atoms with E-state index in [1.54, 1.807) is 22.3 Å². The monoisotopic (exact) mass is 434 g/mol. The second-order valence-corrected chi connectivity index (χ2v) is 8.35. The number of aromatic hydroxyl groups is 1. The molecule has 0 aliphatic carbocycles. The molecule has 4 heterocycles. The van der Waals surface area contributed by atoms with E-state index in [4.69, 9.17) is 0 Å². The van der Waals surface area contributed by atoms with Crippen LogP contribution >= 0.6 is 11.3 Å². The molecule has 4 aromatic rings. The Morgan fingerprint density at radius 1 is 1.26 bits per heavy atom. The maximum absolute atomic E-state index is 12.9. The van der Waals surface area contributed by atoms with Gasteiger partial charge in [0, 0.05) is 54.7 Å². The molecular formula is C22H22N6O2S. The first-order chi connectivity index (χ1) is 15.1. The molecule has 8 nitrogen and oxygen atoms in total. The van der Waals surface area contributed by atoms with Gasteiger partial charge in [-0.25, -0.2) is 4.98 Å². The van der Waals surface area contributed by atoms with E-state index < -0.39 is 0 Å². The first-order valence-corrected chi connectivity index (χ1v) is 11.0. The highest BCUT2D eigenvalue weighted by Crippen LogP contribution is 2.32. The molecule has 1 aliphatic heterocycles. The van der Waals surface area contributed by atoms with Crippen molar-refractivity contribution in [2.75, 3.05) is 36.4 Å². The van der Waals surface area contributed by atoms with E-state index in [9.17, 15) is 9.90 Å². The molecule has 1 saturated heterocycles. The van der Waals surface area contributed by atoms with Crippen LogP contribution in [0.2, 0.25) is 0 Å². The van der Waals surface area contributed by atoms with Crippen LogP contribution in [-0.4, -0.2) is 51.7 Å². The summed E-state index contributed by atoms with van der Waals surface area (Å²) in [6.45, 7) is 5.55. The molecule has 31 heavy (non-hydrogen) atoms. The zero-order valence-electron chi connectivity index (χ0n) is 17.0. The first kappa shape index (κ1) is 19.5. The molecule has 0 atom stereocenters. The molecule has 1 fully saturated rings. The highest BCUT2D eigenvalue weighted by atomic mass is 32.1. The van der Waals surface area contributed by atoms with Gasteiger partial charge in [0.15, 0.2) is 5.13 Å². The minimum absolute atomic E-state index is 0.115. The molecule has 158 valence electrons. The average molecular weight is 435 g/mol. The summed E-state index contributed by atoms with van der Waals surface area (Å²) >= 11 is 1.30. The summed E-state index contributed by atoms with van der Waals surface area (Å²) in [5, 5.41) is 20.8. The zero-order valence-corrected chi connectivity index (χ0v) is 17.8. The van der Waals surface area contributed by atoms with Gasteiger partial charge in [-0.3, -0.25) is 14.3 Å². The zero-order chi connectivity index (χ0) is 21.4. The van der Waals surface area contributed by atoms with E-state index in [1.807, 2.05) is 37.4 Å². The lowest BCUT2D eigenvalue weighted by molar-refractivity contribution is 0.102. The number of aromatic nitrogens is 3. The number of nitrogens with zero attached hydrogens (tertiary/aromatic N) is 4. The van der Waals surface area contributed by atoms with Crippen LogP contribution in [0, 0.1) is 6.92 Å². The number of anilines is 2. The Balaban J connectivity index is 1.40. The molecule has 0 spiro atoms. The third kappa shape index (κ3) is 3.73. The van der Waals surface area contributed by atoms with Crippen LogP contribution in [0.15, 0.2) is 48.2 Å². The molecule has 1 aromatic carbocycles. The summed E-state index contributed by atoms with van der Waals surface area (Å²) in [5.41, 5.74) is 3.02. The van der Waals surface area contributed by atoms with Crippen molar-refractivity contribution in [3.63, 3.8) is 0 Å². The highest BCUT2D eigenvalue weighted by Gasteiger charge is 2.19. The summed E-state index contributed by atoms with van der Waals surface area (Å²) in [5.74, 6) is -0.191.